The molecule has 0 aliphatic carbocycles. The Morgan fingerprint density at radius 1 is 1.39 bits per heavy atom. The minimum absolute atomic E-state index is 0.621. The molecule has 1 aromatic heterocycles. The molecule has 2 rings (SSSR count). The average molecular weight is 345 g/mol. The zero-order valence-electron chi connectivity index (χ0n) is 9.65. The molecular formula is C12H11BrClN3S. The Morgan fingerprint density at radius 2 is 2.17 bits per heavy atom. The topological polar surface area (TPSA) is 37.8 Å². The van der Waals surface area contributed by atoms with E-state index < -0.39 is 0 Å². The van der Waals surface area contributed by atoms with E-state index in [1.807, 2.05) is 31.2 Å². The molecule has 6 heteroatoms. The van der Waals surface area contributed by atoms with Crippen LogP contribution in [0.1, 0.15) is 6.92 Å². The first-order chi connectivity index (χ1) is 8.70. The average Bonchev–Trinajstić information content (AvgIpc) is 2.36. The van der Waals surface area contributed by atoms with Gasteiger partial charge in [-0.05, 0) is 35.0 Å². The van der Waals surface area contributed by atoms with E-state index in [1.165, 1.54) is 11.8 Å². The van der Waals surface area contributed by atoms with Crippen LogP contribution in [0, 0.1) is 0 Å². The van der Waals surface area contributed by atoms with Crippen molar-refractivity contribution in [2.24, 2.45) is 0 Å². The van der Waals surface area contributed by atoms with Gasteiger partial charge in [0.25, 0.3) is 0 Å². The van der Waals surface area contributed by atoms with Crippen molar-refractivity contribution in [3.63, 3.8) is 0 Å². The molecule has 2 aromatic rings. The van der Waals surface area contributed by atoms with Gasteiger partial charge in [-0.15, -0.1) is 0 Å². The van der Waals surface area contributed by atoms with E-state index in [0.29, 0.717) is 5.95 Å². The molecule has 0 fully saturated rings. The molecule has 0 atom stereocenters. The number of hydrogen-bond donors (Lipinski definition) is 1. The van der Waals surface area contributed by atoms with Crippen LogP contribution in [0.4, 0.5) is 5.95 Å². The van der Waals surface area contributed by atoms with Gasteiger partial charge in [0.05, 0.1) is 9.50 Å². The summed E-state index contributed by atoms with van der Waals surface area (Å²) in [7, 11) is 0. The van der Waals surface area contributed by atoms with Gasteiger partial charge in [0.1, 0.15) is 5.03 Å². The van der Waals surface area contributed by atoms with Crippen molar-refractivity contribution in [3.8, 4) is 0 Å². The summed E-state index contributed by atoms with van der Waals surface area (Å²) in [6.45, 7) is 2.80. The lowest BCUT2D eigenvalue weighted by Gasteiger charge is -2.07. The molecule has 0 aliphatic heterocycles. The second kappa shape index (κ2) is 6.41. The molecule has 1 N–H and O–H groups in total. The molecular weight excluding hydrogens is 334 g/mol. The van der Waals surface area contributed by atoms with Crippen molar-refractivity contribution < 1.29 is 0 Å². The number of anilines is 1. The van der Waals surface area contributed by atoms with Gasteiger partial charge < -0.3 is 5.32 Å². The van der Waals surface area contributed by atoms with Crippen LogP contribution in [0.3, 0.4) is 0 Å². The number of hydrogen-bond acceptors (Lipinski definition) is 4. The first-order valence-electron chi connectivity index (χ1n) is 5.39. The van der Waals surface area contributed by atoms with Crippen LogP contribution in [-0.2, 0) is 0 Å². The standard InChI is InChI=1S/C12H11BrClN3S/c1-2-15-12-16-7-8(13)11(17-12)18-10-6-4-3-5-9(10)14/h3-7H,2H2,1H3,(H,15,16,17). The summed E-state index contributed by atoms with van der Waals surface area (Å²) in [6, 6.07) is 7.69. The van der Waals surface area contributed by atoms with Crippen molar-refractivity contribution in [3.05, 3.63) is 40.0 Å². The maximum absolute atomic E-state index is 6.13. The van der Waals surface area contributed by atoms with E-state index in [2.05, 4.69) is 31.2 Å². The molecule has 0 spiro atoms. The Balaban J connectivity index is 2.28. The molecule has 0 bridgehead atoms. The Labute approximate surface area is 124 Å². The van der Waals surface area contributed by atoms with E-state index in [0.717, 1.165) is 26.0 Å². The lowest BCUT2D eigenvalue weighted by atomic mass is 10.4. The lowest BCUT2D eigenvalue weighted by molar-refractivity contribution is 0.999. The molecule has 0 saturated heterocycles. The fourth-order valence-corrected chi connectivity index (χ4v) is 2.79. The Kier molecular flexibility index (Phi) is 4.86. The zero-order chi connectivity index (χ0) is 13.0. The summed E-state index contributed by atoms with van der Waals surface area (Å²) in [6.07, 6.45) is 1.74. The Morgan fingerprint density at radius 3 is 2.89 bits per heavy atom. The normalized spacial score (nSPS) is 10.4. The van der Waals surface area contributed by atoms with Crippen molar-refractivity contribution in [2.45, 2.75) is 16.8 Å². The maximum atomic E-state index is 6.13. The molecule has 3 nitrogen and oxygen atoms in total. The highest BCUT2D eigenvalue weighted by molar-refractivity contribution is 9.10. The van der Waals surface area contributed by atoms with Crippen LogP contribution in [0.25, 0.3) is 0 Å². The van der Waals surface area contributed by atoms with E-state index >= 15 is 0 Å². The van der Waals surface area contributed by atoms with Crippen molar-refractivity contribution in [2.75, 3.05) is 11.9 Å². The number of benzene rings is 1. The molecule has 94 valence electrons. The number of nitrogens with one attached hydrogen (secondary N) is 1. The minimum atomic E-state index is 0.621. The largest absolute Gasteiger partial charge is 0.354 e. The van der Waals surface area contributed by atoms with Crippen LogP contribution in [0.15, 0.2) is 44.9 Å². The summed E-state index contributed by atoms with van der Waals surface area (Å²) in [5.41, 5.74) is 0. The lowest BCUT2D eigenvalue weighted by Crippen LogP contribution is -2.02. The monoisotopic (exact) mass is 343 g/mol. The predicted octanol–water partition coefficient (Wildman–Crippen LogP) is 4.48. The molecule has 1 aromatic carbocycles. The summed E-state index contributed by atoms with van der Waals surface area (Å²) >= 11 is 11.1. The van der Waals surface area contributed by atoms with Gasteiger partial charge in [-0.1, -0.05) is 35.5 Å². The van der Waals surface area contributed by atoms with Gasteiger partial charge in [-0.3, -0.25) is 0 Å². The molecule has 1 heterocycles. The number of aromatic nitrogens is 2. The highest BCUT2D eigenvalue weighted by Crippen LogP contribution is 2.35. The van der Waals surface area contributed by atoms with Gasteiger partial charge in [-0.25, -0.2) is 9.97 Å². The highest BCUT2D eigenvalue weighted by atomic mass is 79.9. The smallest absolute Gasteiger partial charge is 0.223 e. The van der Waals surface area contributed by atoms with Gasteiger partial charge in [-0.2, -0.15) is 0 Å². The Hall–Kier alpha value is -0.780. The zero-order valence-corrected chi connectivity index (χ0v) is 12.8. The third-order valence-corrected chi connectivity index (χ3v) is 4.45. The third kappa shape index (κ3) is 3.37. The minimum Gasteiger partial charge on any atom is -0.354 e. The molecule has 0 aliphatic rings. The molecule has 0 unspecified atom stereocenters. The third-order valence-electron chi connectivity index (χ3n) is 2.09. The first-order valence-corrected chi connectivity index (χ1v) is 7.38. The van der Waals surface area contributed by atoms with Crippen LogP contribution in [0.2, 0.25) is 5.02 Å². The van der Waals surface area contributed by atoms with Crippen molar-refractivity contribution in [1.29, 1.82) is 0 Å². The molecule has 18 heavy (non-hydrogen) atoms. The van der Waals surface area contributed by atoms with E-state index in [9.17, 15) is 0 Å². The van der Waals surface area contributed by atoms with Crippen LogP contribution < -0.4 is 5.32 Å². The number of nitrogens with zero attached hydrogens (tertiary/aromatic N) is 2. The fraction of sp³-hybridized carbons (Fsp3) is 0.167. The van der Waals surface area contributed by atoms with Gasteiger partial charge in [0.15, 0.2) is 0 Å². The summed E-state index contributed by atoms with van der Waals surface area (Å²) in [4.78, 5) is 9.58. The fourth-order valence-electron chi connectivity index (χ4n) is 1.30. The first kappa shape index (κ1) is 13.6. The van der Waals surface area contributed by atoms with Gasteiger partial charge in [0, 0.05) is 17.6 Å². The Bertz CT molecular complexity index is 551. The number of halogens is 2. The van der Waals surface area contributed by atoms with E-state index in [4.69, 9.17) is 11.6 Å². The van der Waals surface area contributed by atoms with E-state index in [-0.39, 0.29) is 0 Å². The quantitative estimate of drug-likeness (QED) is 0.830. The van der Waals surface area contributed by atoms with Crippen molar-refractivity contribution in [1.82, 2.24) is 9.97 Å². The summed E-state index contributed by atoms with van der Waals surface area (Å²) in [5.74, 6) is 0.621. The summed E-state index contributed by atoms with van der Waals surface area (Å²) in [5, 5.41) is 4.65. The van der Waals surface area contributed by atoms with E-state index in [1.54, 1.807) is 6.20 Å². The van der Waals surface area contributed by atoms with Crippen LogP contribution in [-0.4, -0.2) is 16.5 Å². The molecule has 0 amide bonds. The van der Waals surface area contributed by atoms with Gasteiger partial charge >= 0.3 is 0 Å². The van der Waals surface area contributed by atoms with Gasteiger partial charge in [0.2, 0.25) is 5.95 Å². The summed E-state index contributed by atoms with van der Waals surface area (Å²) < 4.78 is 0.856. The molecule has 0 radical (unpaired) electrons. The van der Waals surface area contributed by atoms with Crippen molar-refractivity contribution >= 4 is 45.2 Å². The highest BCUT2D eigenvalue weighted by Gasteiger charge is 2.08. The predicted molar refractivity (Wildman–Crippen MR) is 79.5 cm³/mol. The second-order valence-electron chi connectivity index (χ2n) is 3.41. The number of rotatable bonds is 4. The van der Waals surface area contributed by atoms with Crippen LogP contribution >= 0.6 is 39.3 Å². The SMILES string of the molecule is CCNc1ncc(Br)c(Sc2ccccc2Cl)n1. The second-order valence-corrected chi connectivity index (χ2v) is 5.70. The van der Waals surface area contributed by atoms with Crippen LogP contribution in [0.5, 0.6) is 0 Å². The maximum Gasteiger partial charge on any atom is 0.223 e. The molecule has 0 saturated carbocycles.